The van der Waals surface area contributed by atoms with Crippen molar-refractivity contribution in [1.29, 1.82) is 0 Å². The molecule has 0 heterocycles. The maximum absolute atomic E-state index is 12.0. The van der Waals surface area contributed by atoms with Crippen molar-refractivity contribution >= 4 is 18.1 Å². The van der Waals surface area contributed by atoms with Gasteiger partial charge in [0.05, 0.1) is 18.8 Å². The molecule has 1 N–H and O–H groups in total. The van der Waals surface area contributed by atoms with Crippen LogP contribution in [0.2, 0.25) is 0 Å². The van der Waals surface area contributed by atoms with Gasteiger partial charge in [0.1, 0.15) is 12.5 Å². The Bertz CT molecular complexity index is 538. The fourth-order valence-electron chi connectivity index (χ4n) is 1.88. The van der Waals surface area contributed by atoms with Crippen LogP contribution in [0.5, 0.6) is 0 Å². The summed E-state index contributed by atoms with van der Waals surface area (Å²) in [6, 6.07) is 6.29. The number of carbonyl (C=O) groups is 3. The molecule has 1 aromatic rings. The van der Waals surface area contributed by atoms with Gasteiger partial charge in [0.25, 0.3) is 0 Å². The summed E-state index contributed by atoms with van der Waals surface area (Å²) in [6.45, 7) is 3.17. The molecule has 22 heavy (non-hydrogen) atoms. The van der Waals surface area contributed by atoms with Gasteiger partial charge in [0, 0.05) is 0 Å². The van der Waals surface area contributed by atoms with Crippen LogP contribution in [0, 0.1) is 0 Å². The largest absolute Gasteiger partial charge is 0.505 e. The smallest absolute Gasteiger partial charge is 0.465 e. The van der Waals surface area contributed by atoms with Crippen LogP contribution in [-0.4, -0.2) is 43.0 Å². The Balaban J connectivity index is 3.14. The van der Waals surface area contributed by atoms with Gasteiger partial charge in [-0.15, -0.1) is 0 Å². The van der Waals surface area contributed by atoms with Crippen LogP contribution in [0.3, 0.4) is 0 Å². The minimum Gasteiger partial charge on any atom is -0.465 e. The molecule has 0 aromatic heterocycles. The van der Waals surface area contributed by atoms with Crippen LogP contribution < -0.4 is 0 Å². The summed E-state index contributed by atoms with van der Waals surface area (Å²) < 4.78 is 14.3. The zero-order chi connectivity index (χ0) is 16.5. The first-order valence-electron chi connectivity index (χ1n) is 6.79. The summed E-state index contributed by atoms with van der Waals surface area (Å²) in [5.74, 6) is -2.29. The van der Waals surface area contributed by atoms with E-state index in [0.717, 1.165) is 0 Å². The van der Waals surface area contributed by atoms with Gasteiger partial charge in [-0.25, -0.2) is 9.59 Å². The maximum Gasteiger partial charge on any atom is 0.505 e. The normalized spacial score (nSPS) is 11.4. The second kappa shape index (κ2) is 8.66. The molecule has 120 valence electrons. The number of rotatable bonds is 7. The van der Waals surface area contributed by atoms with E-state index in [2.05, 4.69) is 4.74 Å². The highest BCUT2D eigenvalue weighted by atomic mass is 16.7. The van der Waals surface area contributed by atoms with Crippen LogP contribution in [0.4, 0.5) is 4.79 Å². The van der Waals surface area contributed by atoms with Crippen molar-refractivity contribution in [3.8, 4) is 0 Å². The van der Waals surface area contributed by atoms with Gasteiger partial charge >= 0.3 is 18.1 Å². The fraction of sp³-hybridized carbons (Fsp3) is 0.400. The highest BCUT2D eigenvalue weighted by molar-refractivity contribution is 5.93. The fourth-order valence-corrected chi connectivity index (χ4v) is 1.88. The summed E-state index contributed by atoms with van der Waals surface area (Å²) in [7, 11) is 0. The van der Waals surface area contributed by atoms with E-state index in [-0.39, 0.29) is 18.8 Å². The molecule has 1 atom stereocenters. The van der Waals surface area contributed by atoms with Crippen molar-refractivity contribution in [3.63, 3.8) is 0 Å². The van der Waals surface area contributed by atoms with Crippen LogP contribution in [0.15, 0.2) is 24.3 Å². The zero-order valence-corrected chi connectivity index (χ0v) is 12.4. The van der Waals surface area contributed by atoms with Gasteiger partial charge in [-0.05, 0) is 25.5 Å². The van der Waals surface area contributed by atoms with Crippen LogP contribution >= 0.6 is 0 Å². The molecule has 0 aliphatic rings. The van der Waals surface area contributed by atoms with Gasteiger partial charge in [0.15, 0.2) is 0 Å². The lowest BCUT2D eigenvalue weighted by Crippen LogP contribution is -2.24. The molecule has 0 spiro atoms. The lowest BCUT2D eigenvalue weighted by Gasteiger charge is -2.17. The van der Waals surface area contributed by atoms with Crippen LogP contribution in [0.25, 0.3) is 0 Å². The molecule has 0 bridgehead atoms. The molecule has 7 heteroatoms. The van der Waals surface area contributed by atoms with Gasteiger partial charge in [0.2, 0.25) is 0 Å². The van der Waals surface area contributed by atoms with Crippen molar-refractivity contribution in [1.82, 2.24) is 0 Å². The molecule has 0 saturated heterocycles. The minimum absolute atomic E-state index is 0.129. The molecule has 0 radical (unpaired) electrons. The number of esters is 2. The molecule has 0 fully saturated rings. The SMILES string of the molecule is CCOC(=O)c1ccccc1C(COC(=O)O)C(=O)OCC. The van der Waals surface area contributed by atoms with Crippen molar-refractivity contribution in [2.24, 2.45) is 0 Å². The summed E-state index contributed by atoms with van der Waals surface area (Å²) >= 11 is 0. The highest BCUT2D eigenvalue weighted by Gasteiger charge is 2.28. The number of ether oxygens (including phenoxy) is 3. The van der Waals surface area contributed by atoms with Crippen molar-refractivity contribution in [2.45, 2.75) is 19.8 Å². The summed E-state index contributed by atoms with van der Waals surface area (Å²) in [5.41, 5.74) is 0.483. The Morgan fingerprint density at radius 3 is 2.27 bits per heavy atom. The maximum atomic E-state index is 12.0. The molecular formula is C15H18O7. The molecule has 7 nitrogen and oxygen atoms in total. The van der Waals surface area contributed by atoms with Crippen molar-refractivity contribution in [2.75, 3.05) is 19.8 Å². The third-order valence-corrected chi connectivity index (χ3v) is 2.78. The van der Waals surface area contributed by atoms with E-state index in [0.29, 0.717) is 5.56 Å². The number of carboxylic acid groups (broad SMARTS) is 1. The second-order valence-corrected chi connectivity index (χ2v) is 4.19. The minimum atomic E-state index is -1.51. The monoisotopic (exact) mass is 310 g/mol. The molecule has 1 rings (SSSR count). The molecule has 0 aliphatic heterocycles. The molecular weight excluding hydrogens is 292 g/mol. The van der Waals surface area contributed by atoms with E-state index in [1.54, 1.807) is 32.0 Å². The van der Waals surface area contributed by atoms with E-state index in [1.165, 1.54) is 6.07 Å². The number of hydrogen-bond donors (Lipinski definition) is 1. The summed E-state index contributed by atoms with van der Waals surface area (Å²) in [4.78, 5) is 34.6. The first-order chi connectivity index (χ1) is 10.5. The Morgan fingerprint density at radius 1 is 1.05 bits per heavy atom. The van der Waals surface area contributed by atoms with Crippen molar-refractivity contribution < 1.29 is 33.7 Å². The lowest BCUT2D eigenvalue weighted by atomic mass is 9.94. The van der Waals surface area contributed by atoms with E-state index in [9.17, 15) is 14.4 Å². The Morgan fingerprint density at radius 2 is 1.68 bits per heavy atom. The Hall–Kier alpha value is -2.57. The molecule has 0 aliphatic carbocycles. The van der Waals surface area contributed by atoms with Gasteiger partial charge < -0.3 is 19.3 Å². The van der Waals surface area contributed by atoms with Crippen LogP contribution in [-0.2, 0) is 19.0 Å². The molecule has 0 saturated carbocycles. The van der Waals surface area contributed by atoms with Crippen LogP contribution in [0.1, 0.15) is 35.7 Å². The lowest BCUT2D eigenvalue weighted by molar-refractivity contribution is -0.146. The first kappa shape index (κ1) is 17.5. The van der Waals surface area contributed by atoms with Crippen molar-refractivity contribution in [3.05, 3.63) is 35.4 Å². The van der Waals surface area contributed by atoms with Gasteiger partial charge in [-0.2, -0.15) is 0 Å². The van der Waals surface area contributed by atoms with Gasteiger partial charge in [-0.1, -0.05) is 18.2 Å². The predicted molar refractivity (Wildman–Crippen MR) is 75.7 cm³/mol. The van der Waals surface area contributed by atoms with E-state index >= 15 is 0 Å². The van der Waals surface area contributed by atoms with E-state index < -0.39 is 30.6 Å². The summed E-state index contributed by atoms with van der Waals surface area (Å²) in [6.07, 6.45) is -1.51. The third-order valence-electron chi connectivity index (χ3n) is 2.78. The number of benzene rings is 1. The standard InChI is InChI=1S/C15H18O7/c1-3-20-13(16)11-8-6-5-7-10(11)12(9-22-15(18)19)14(17)21-4-2/h5-8,12H,3-4,9H2,1-2H3,(H,18,19). The first-order valence-corrected chi connectivity index (χ1v) is 6.79. The second-order valence-electron chi connectivity index (χ2n) is 4.19. The topological polar surface area (TPSA) is 99.1 Å². The Kier molecular flexibility index (Phi) is 6.88. The number of carbonyl (C=O) groups excluding carboxylic acids is 2. The number of hydrogen-bond acceptors (Lipinski definition) is 6. The average molecular weight is 310 g/mol. The van der Waals surface area contributed by atoms with E-state index in [4.69, 9.17) is 14.6 Å². The Labute approximate surface area is 127 Å². The quantitative estimate of drug-likeness (QED) is 0.608. The third kappa shape index (κ3) is 4.76. The zero-order valence-electron chi connectivity index (χ0n) is 12.4. The van der Waals surface area contributed by atoms with Gasteiger partial charge in [-0.3, -0.25) is 4.79 Å². The average Bonchev–Trinajstić information content (AvgIpc) is 2.48. The predicted octanol–water partition coefficient (Wildman–Crippen LogP) is 2.20. The summed E-state index contributed by atoms with van der Waals surface area (Å²) in [5, 5.41) is 8.62. The highest BCUT2D eigenvalue weighted by Crippen LogP contribution is 2.23. The molecule has 1 aromatic carbocycles. The van der Waals surface area contributed by atoms with E-state index in [1.807, 2.05) is 0 Å². The molecule has 1 unspecified atom stereocenters. The molecule has 0 amide bonds.